The van der Waals surface area contributed by atoms with Crippen molar-refractivity contribution in [2.24, 2.45) is 0 Å². The summed E-state index contributed by atoms with van der Waals surface area (Å²) in [6, 6.07) is 33.5. The number of amides is 2. The van der Waals surface area contributed by atoms with Crippen LogP contribution in [0, 0.1) is 0 Å². The highest BCUT2D eigenvalue weighted by atomic mass is 16.5. The molecular weight excluding hydrogens is 564 g/mol. The summed E-state index contributed by atoms with van der Waals surface area (Å²) in [5, 5.41) is 7.54. The molecule has 0 saturated carbocycles. The molecule has 224 valence electrons. The van der Waals surface area contributed by atoms with E-state index in [4.69, 9.17) is 19.4 Å². The Morgan fingerprint density at radius 1 is 0.644 bits per heavy atom. The van der Waals surface area contributed by atoms with Gasteiger partial charge in [0.1, 0.15) is 11.5 Å². The normalized spacial score (nSPS) is 11.6. The largest absolute Gasteiger partial charge is 0.497 e. The van der Waals surface area contributed by atoms with E-state index in [-0.39, 0.29) is 24.4 Å². The average molecular weight is 597 g/mol. The summed E-state index contributed by atoms with van der Waals surface area (Å²) in [4.78, 5) is 36.8. The summed E-state index contributed by atoms with van der Waals surface area (Å²) in [5.41, 5.74) is 5.42. The van der Waals surface area contributed by atoms with E-state index in [0.29, 0.717) is 45.0 Å². The molecule has 6 aromatic rings. The van der Waals surface area contributed by atoms with Crippen LogP contribution in [-0.4, -0.2) is 48.6 Å². The molecule has 8 nitrogen and oxygen atoms in total. The fourth-order valence-electron chi connectivity index (χ4n) is 5.28. The molecule has 0 radical (unpaired) electrons. The number of nitrogens with zero attached hydrogens (tertiary/aromatic N) is 2. The molecule has 4 aromatic carbocycles. The van der Waals surface area contributed by atoms with Gasteiger partial charge in [-0.25, -0.2) is 9.97 Å². The SMILES string of the molecule is COc1cccc(-c2cc(C(=O)NC[C@H](C)NC(=O)c3cc(-c4cccc(OC)c4)nc4ccccc34)c3ccccc3n2)c1. The van der Waals surface area contributed by atoms with E-state index < -0.39 is 0 Å². The number of carbonyl (C=O) groups is 2. The lowest BCUT2D eigenvalue weighted by molar-refractivity contribution is 0.0914. The van der Waals surface area contributed by atoms with E-state index in [9.17, 15) is 9.59 Å². The smallest absolute Gasteiger partial charge is 0.252 e. The number of fused-ring (bicyclic) bond motifs is 2. The minimum atomic E-state index is -0.361. The van der Waals surface area contributed by atoms with Gasteiger partial charge in [-0.1, -0.05) is 60.7 Å². The quantitative estimate of drug-likeness (QED) is 0.193. The van der Waals surface area contributed by atoms with Gasteiger partial charge in [-0.2, -0.15) is 0 Å². The number of hydrogen-bond donors (Lipinski definition) is 2. The van der Waals surface area contributed by atoms with E-state index in [0.717, 1.165) is 21.9 Å². The third kappa shape index (κ3) is 6.31. The number of benzene rings is 4. The summed E-state index contributed by atoms with van der Waals surface area (Å²) in [7, 11) is 3.23. The second-order valence-corrected chi connectivity index (χ2v) is 10.7. The standard InChI is InChI=1S/C37H32N4O4/c1-23(39-37(43)31-21-35(25-11-9-13-27(19-25)45-3)41-33-17-7-5-15-29(31)33)22-38-36(42)30-20-34(24-10-8-12-26(18-24)44-2)40-32-16-6-4-14-28(30)32/h4-21,23H,22H2,1-3H3,(H,38,42)(H,39,43)/t23-/m0/s1. The zero-order valence-corrected chi connectivity index (χ0v) is 25.2. The molecular formula is C37H32N4O4. The van der Waals surface area contributed by atoms with Crippen molar-refractivity contribution in [1.29, 1.82) is 0 Å². The number of methoxy groups -OCH3 is 2. The van der Waals surface area contributed by atoms with Crippen LogP contribution in [0.4, 0.5) is 0 Å². The fraction of sp³-hybridized carbons (Fsp3) is 0.135. The van der Waals surface area contributed by atoms with Crippen molar-refractivity contribution in [3.05, 3.63) is 120 Å². The van der Waals surface area contributed by atoms with Gasteiger partial charge in [0.25, 0.3) is 11.8 Å². The Morgan fingerprint density at radius 2 is 1.13 bits per heavy atom. The van der Waals surface area contributed by atoms with E-state index in [1.165, 1.54) is 0 Å². The molecule has 2 aromatic heterocycles. The Balaban J connectivity index is 1.22. The Labute approximate surface area is 261 Å². The lowest BCUT2D eigenvalue weighted by atomic mass is 10.0. The molecule has 0 unspecified atom stereocenters. The average Bonchev–Trinajstić information content (AvgIpc) is 3.09. The summed E-state index contributed by atoms with van der Waals surface area (Å²) < 4.78 is 10.8. The van der Waals surface area contributed by atoms with Gasteiger partial charge < -0.3 is 20.1 Å². The lowest BCUT2D eigenvalue weighted by Crippen LogP contribution is -2.42. The van der Waals surface area contributed by atoms with Gasteiger partial charge in [0.05, 0.1) is 47.8 Å². The zero-order valence-electron chi connectivity index (χ0n) is 25.2. The minimum Gasteiger partial charge on any atom is -0.497 e. The molecule has 0 aliphatic rings. The van der Waals surface area contributed by atoms with Crippen molar-refractivity contribution in [1.82, 2.24) is 20.6 Å². The van der Waals surface area contributed by atoms with Crippen LogP contribution in [0.25, 0.3) is 44.3 Å². The van der Waals surface area contributed by atoms with Gasteiger partial charge in [-0.3, -0.25) is 9.59 Å². The maximum Gasteiger partial charge on any atom is 0.252 e. The van der Waals surface area contributed by atoms with E-state index in [1.54, 1.807) is 26.4 Å². The number of rotatable bonds is 9. The molecule has 2 amide bonds. The summed E-state index contributed by atoms with van der Waals surface area (Å²) in [6.45, 7) is 2.08. The van der Waals surface area contributed by atoms with Crippen molar-refractivity contribution in [3.63, 3.8) is 0 Å². The van der Waals surface area contributed by atoms with Crippen molar-refractivity contribution < 1.29 is 19.1 Å². The van der Waals surface area contributed by atoms with Gasteiger partial charge in [0, 0.05) is 34.5 Å². The van der Waals surface area contributed by atoms with E-state index in [2.05, 4.69) is 10.6 Å². The molecule has 45 heavy (non-hydrogen) atoms. The van der Waals surface area contributed by atoms with Crippen LogP contribution in [0.1, 0.15) is 27.6 Å². The Bertz CT molecular complexity index is 2040. The van der Waals surface area contributed by atoms with E-state index >= 15 is 0 Å². The molecule has 0 fully saturated rings. The summed E-state index contributed by atoms with van der Waals surface area (Å²) in [5.74, 6) is 0.897. The van der Waals surface area contributed by atoms with Crippen LogP contribution in [0.5, 0.6) is 11.5 Å². The number of carbonyl (C=O) groups excluding carboxylic acids is 2. The first-order valence-corrected chi connectivity index (χ1v) is 14.6. The van der Waals surface area contributed by atoms with Crippen LogP contribution in [-0.2, 0) is 0 Å². The molecule has 0 saturated heterocycles. The maximum atomic E-state index is 13.6. The first-order valence-electron chi connectivity index (χ1n) is 14.6. The van der Waals surface area contributed by atoms with Gasteiger partial charge in [-0.15, -0.1) is 0 Å². The minimum absolute atomic E-state index is 0.224. The fourth-order valence-corrected chi connectivity index (χ4v) is 5.28. The highest BCUT2D eigenvalue weighted by Gasteiger charge is 2.18. The van der Waals surface area contributed by atoms with Crippen molar-refractivity contribution in [3.8, 4) is 34.0 Å². The molecule has 0 aliphatic carbocycles. The molecule has 0 bridgehead atoms. The number of pyridine rings is 2. The topological polar surface area (TPSA) is 102 Å². The number of nitrogens with one attached hydrogen (secondary N) is 2. The molecule has 2 heterocycles. The van der Waals surface area contributed by atoms with Crippen LogP contribution in [0.15, 0.2) is 109 Å². The van der Waals surface area contributed by atoms with Crippen LogP contribution in [0.3, 0.4) is 0 Å². The predicted octanol–water partition coefficient (Wildman–Crippen LogP) is 6.68. The molecule has 6 rings (SSSR count). The number of para-hydroxylation sites is 2. The van der Waals surface area contributed by atoms with Crippen LogP contribution >= 0.6 is 0 Å². The third-order valence-corrected chi connectivity index (χ3v) is 7.60. The molecule has 0 aliphatic heterocycles. The maximum absolute atomic E-state index is 13.6. The van der Waals surface area contributed by atoms with Crippen molar-refractivity contribution >= 4 is 33.6 Å². The highest BCUT2D eigenvalue weighted by Crippen LogP contribution is 2.29. The third-order valence-electron chi connectivity index (χ3n) is 7.60. The predicted molar refractivity (Wildman–Crippen MR) is 177 cm³/mol. The van der Waals surface area contributed by atoms with Crippen LogP contribution < -0.4 is 20.1 Å². The first-order chi connectivity index (χ1) is 21.9. The Morgan fingerprint density at radius 3 is 1.64 bits per heavy atom. The summed E-state index contributed by atoms with van der Waals surface area (Å²) in [6.07, 6.45) is 0. The Hall–Kier alpha value is -5.76. The number of hydrogen-bond acceptors (Lipinski definition) is 6. The van der Waals surface area contributed by atoms with Crippen molar-refractivity contribution in [2.45, 2.75) is 13.0 Å². The monoisotopic (exact) mass is 596 g/mol. The highest BCUT2D eigenvalue weighted by molar-refractivity contribution is 6.08. The molecule has 1 atom stereocenters. The first kappa shape index (κ1) is 29.3. The zero-order chi connectivity index (χ0) is 31.3. The molecule has 0 spiro atoms. The lowest BCUT2D eigenvalue weighted by Gasteiger charge is -2.17. The van der Waals surface area contributed by atoms with Crippen molar-refractivity contribution in [2.75, 3.05) is 20.8 Å². The second kappa shape index (κ2) is 12.9. The van der Waals surface area contributed by atoms with Gasteiger partial charge in [0.2, 0.25) is 0 Å². The Kier molecular flexibility index (Phi) is 8.37. The van der Waals surface area contributed by atoms with E-state index in [1.807, 2.05) is 104 Å². The van der Waals surface area contributed by atoms with Crippen LogP contribution in [0.2, 0.25) is 0 Å². The number of aromatic nitrogens is 2. The van der Waals surface area contributed by atoms with Gasteiger partial charge >= 0.3 is 0 Å². The van der Waals surface area contributed by atoms with Gasteiger partial charge in [-0.05, 0) is 55.5 Å². The number of ether oxygens (including phenoxy) is 2. The summed E-state index contributed by atoms with van der Waals surface area (Å²) >= 11 is 0. The molecule has 2 N–H and O–H groups in total. The second-order valence-electron chi connectivity index (χ2n) is 10.7. The van der Waals surface area contributed by atoms with Gasteiger partial charge in [0.15, 0.2) is 0 Å². The molecule has 8 heteroatoms.